The predicted octanol–water partition coefficient (Wildman–Crippen LogP) is 3.61. The summed E-state index contributed by atoms with van der Waals surface area (Å²) in [6.07, 6.45) is 4.36. The van der Waals surface area contributed by atoms with Gasteiger partial charge in [-0.05, 0) is 25.4 Å². The minimum Gasteiger partial charge on any atom is -0.450 e. The highest BCUT2D eigenvalue weighted by Crippen LogP contribution is 2.07. The Bertz CT molecular complexity index is 253. The molecule has 2 N–H and O–H groups in total. The molecule has 0 aromatic carbocycles. The molecule has 5 heteroatoms. The highest BCUT2D eigenvalue weighted by Gasteiger charge is 2.13. The number of ether oxygens (including phenoxy) is 1. The lowest BCUT2D eigenvalue weighted by atomic mass is 10.2. The average molecular weight is 303 g/mol. The van der Waals surface area contributed by atoms with E-state index in [0.29, 0.717) is 12.6 Å². The van der Waals surface area contributed by atoms with Crippen molar-refractivity contribution in [2.75, 3.05) is 19.7 Å². The van der Waals surface area contributed by atoms with Crippen LogP contribution in [0.25, 0.3) is 0 Å². The van der Waals surface area contributed by atoms with Crippen LogP contribution in [0.4, 0.5) is 4.79 Å². The third kappa shape index (κ3) is 15.5. The highest BCUT2D eigenvalue weighted by atomic mass is 28.3. The summed E-state index contributed by atoms with van der Waals surface area (Å²) in [4.78, 5) is 11.4. The Morgan fingerprint density at radius 3 is 2.20 bits per heavy atom. The maximum absolute atomic E-state index is 11.4. The van der Waals surface area contributed by atoms with Crippen LogP contribution in [0.1, 0.15) is 39.5 Å². The molecule has 0 heterocycles. The van der Waals surface area contributed by atoms with Crippen LogP contribution < -0.4 is 10.6 Å². The van der Waals surface area contributed by atoms with Crippen LogP contribution in [0.5, 0.6) is 0 Å². The molecule has 1 amide bonds. The molecule has 0 saturated heterocycles. The van der Waals surface area contributed by atoms with E-state index < -0.39 is 8.07 Å². The number of carbonyl (C=O) groups excluding carboxylic acids is 1. The lowest BCUT2D eigenvalue weighted by molar-refractivity contribution is 0.151. The van der Waals surface area contributed by atoms with Crippen molar-refractivity contribution < 1.29 is 9.53 Å². The Balaban J connectivity index is 3.27. The largest absolute Gasteiger partial charge is 0.450 e. The van der Waals surface area contributed by atoms with Crippen molar-refractivity contribution in [2.45, 2.75) is 71.3 Å². The summed E-state index contributed by atoms with van der Waals surface area (Å²) in [5.41, 5.74) is 0. The van der Waals surface area contributed by atoms with Gasteiger partial charge in [-0.2, -0.15) is 0 Å². The quantitative estimate of drug-likeness (QED) is 0.453. The van der Waals surface area contributed by atoms with E-state index in [1.54, 1.807) is 0 Å². The molecule has 0 bridgehead atoms. The van der Waals surface area contributed by atoms with E-state index in [9.17, 15) is 4.79 Å². The van der Waals surface area contributed by atoms with Gasteiger partial charge >= 0.3 is 6.09 Å². The second-order valence-corrected chi connectivity index (χ2v) is 12.5. The normalized spacial score (nSPS) is 11.7. The van der Waals surface area contributed by atoms with Crippen molar-refractivity contribution >= 4 is 14.2 Å². The third-order valence-electron chi connectivity index (χ3n) is 3.01. The van der Waals surface area contributed by atoms with Gasteiger partial charge in [0.25, 0.3) is 0 Å². The smallest absolute Gasteiger partial charge is 0.407 e. The summed E-state index contributed by atoms with van der Waals surface area (Å²) in [6, 6.07) is 1.60. The van der Waals surface area contributed by atoms with E-state index >= 15 is 0 Å². The molecule has 0 saturated carbocycles. The number of hydrogen-bond donors (Lipinski definition) is 2. The number of alkyl carbamates (subject to hydrolysis) is 1. The molecule has 0 atom stereocenters. The SMILES string of the molecule is CC(C)NCCCCCCNC(=O)OCC[Si](C)(C)C. The molecule has 0 radical (unpaired) electrons. The molecular formula is C15H34N2O2Si. The molecule has 0 aliphatic heterocycles. The van der Waals surface area contributed by atoms with Crippen molar-refractivity contribution in [3.63, 3.8) is 0 Å². The number of hydrogen-bond acceptors (Lipinski definition) is 3. The van der Waals surface area contributed by atoms with Gasteiger partial charge in [0.05, 0.1) is 6.61 Å². The third-order valence-corrected chi connectivity index (χ3v) is 4.71. The summed E-state index contributed by atoms with van der Waals surface area (Å²) in [6.45, 7) is 13.5. The number of unbranched alkanes of at least 4 members (excludes halogenated alkanes) is 3. The van der Waals surface area contributed by atoms with E-state index in [1.807, 2.05) is 0 Å². The van der Waals surface area contributed by atoms with Gasteiger partial charge in [0.2, 0.25) is 0 Å². The summed E-state index contributed by atoms with van der Waals surface area (Å²) < 4.78 is 5.16. The molecule has 4 nitrogen and oxygen atoms in total. The summed E-state index contributed by atoms with van der Waals surface area (Å²) in [5.74, 6) is 0. The number of nitrogens with one attached hydrogen (secondary N) is 2. The Labute approximate surface area is 126 Å². The Hall–Kier alpha value is -0.553. The van der Waals surface area contributed by atoms with E-state index in [4.69, 9.17) is 4.74 Å². The van der Waals surface area contributed by atoms with Crippen molar-refractivity contribution in [2.24, 2.45) is 0 Å². The fourth-order valence-electron chi connectivity index (χ4n) is 1.69. The fraction of sp³-hybridized carbons (Fsp3) is 0.933. The zero-order valence-corrected chi connectivity index (χ0v) is 15.1. The number of carbonyl (C=O) groups is 1. The fourth-order valence-corrected chi connectivity index (χ4v) is 2.40. The van der Waals surface area contributed by atoms with Crippen LogP contribution >= 0.6 is 0 Å². The van der Waals surface area contributed by atoms with Gasteiger partial charge in [0.1, 0.15) is 0 Å². The van der Waals surface area contributed by atoms with Crippen LogP contribution in [0.2, 0.25) is 25.7 Å². The Kier molecular flexibility index (Phi) is 10.8. The molecule has 0 fully saturated rings. The van der Waals surface area contributed by atoms with E-state index in [1.165, 1.54) is 12.8 Å². The molecule has 0 aromatic rings. The van der Waals surface area contributed by atoms with Gasteiger partial charge in [0, 0.05) is 20.7 Å². The molecule has 0 aliphatic rings. The van der Waals surface area contributed by atoms with Crippen LogP contribution in [-0.4, -0.2) is 39.9 Å². The van der Waals surface area contributed by atoms with Crippen molar-refractivity contribution in [1.29, 1.82) is 0 Å². The van der Waals surface area contributed by atoms with Gasteiger partial charge in [-0.15, -0.1) is 0 Å². The molecule has 0 spiro atoms. The van der Waals surface area contributed by atoms with Crippen molar-refractivity contribution in [1.82, 2.24) is 10.6 Å². The maximum atomic E-state index is 11.4. The standard InChI is InChI=1S/C15H34N2O2Si/c1-14(2)16-10-8-6-7-9-11-17-15(18)19-12-13-20(3,4)5/h14,16H,6-13H2,1-5H3,(H,17,18). The minimum atomic E-state index is -1.10. The van der Waals surface area contributed by atoms with Gasteiger partial charge in [-0.3, -0.25) is 0 Å². The average Bonchev–Trinajstić information content (AvgIpc) is 2.30. The predicted molar refractivity (Wildman–Crippen MR) is 89.1 cm³/mol. The Morgan fingerprint density at radius 1 is 1.05 bits per heavy atom. The maximum Gasteiger partial charge on any atom is 0.407 e. The first-order chi connectivity index (χ1) is 9.31. The zero-order valence-electron chi connectivity index (χ0n) is 14.1. The van der Waals surface area contributed by atoms with Gasteiger partial charge < -0.3 is 15.4 Å². The summed E-state index contributed by atoms with van der Waals surface area (Å²) in [7, 11) is -1.10. The topological polar surface area (TPSA) is 50.4 Å². The molecule has 20 heavy (non-hydrogen) atoms. The van der Waals surface area contributed by atoms with E-state index in [-0.39, 0.29) is 6.09 Å². The first-order valence-electron chi connectivity index (χ1n) is 7.95. The summed E-state index contributed by atoms with van der Waals surface area (Å²) in [5, 5.41) is 6.22. The van der Waals surface area contributed by atoms with Gasteiger partial charge in [-0.25, -0.2) is 4.79 Å². The molecule has 0 aromatic heterocycles. The van der Waals surface area contributed by atoms with E-state index in [0.717, 1.165) is 32.0 Å². The van der Waals surface area contributed by atoms with Crippen LogP contribution in [0, 0.1) is 0 Å². The zero-order chi connectivity index (χ0) is 15.4. The molecule has 0 unspecified atom stereocenters. The van der Waals surface area contributed by atoms with Crippen LogP contribution in [-0.2, 0) is 4.74 Å². The van der Waals surface area contributed by atoms with Crippen molar-refractivity contribution in [3.05, 3.63) is 0 Å². The lowest BCUT2D eigenvalue weighted by Crippen LogP contribution is -2.28. The van der Waals surface area contributed by atoms with Crippen LogP contribution in [0.3, 0.4) is 0 Å². The first kappa shape index (κ1) is 19.4. The second-order valence-electron chi connectivity index (χ2n) is 6.90. The highest BCUT2D eigenvalue weighted by molar-refractivity contribution is 6.76. The first-order valence-corrected chi connectivity index (χ1v) is 11.7. The lowest BCUT2D eigenvalue weighted by Gasteiger charge is -2.15. The monoisotopic (exact) mass is 302 g/mol. The van der Waals surface area contributed by atoms with Crippen LogP contribution in [0.15, 0.2) is 0 Å². The van der Waals surface area contributed by atoms with Gasteiger partial charge in [0.15, 0.2) is 0 Å². The Morgan fingerprint density at radius 2 is 1.65 bits per heavy atom. The minimum absolute atomic E-state index is 0.260. The molecular weight excluding hydrogens is 268 g/mol. The number of amides is 1. The van der Waals surface area contributed by atoms with Gasteiger partial charge in [-0.1, -0.05) is 46.3 Å². The molecule has 0 rings (SSSR count). The summed E-state index contributed by atoms with van der Waals surface area (Å²) >= 11 is 0. The van der Waals surface area contributed by atoms with Crippen molar-refractivity contribution in [3.8, 4) is 0 Å². The molecule has 0 aliphatic carbocycles. The molecule has 120 valence electrons. The van der Waals surface area contributed by atoms with E-state index in [2.05, 4.69) is 44.1 Å². The second kappa shape index (κ2) is 11.1. The number of rotatable bonds is 11.